The smallest absolute Gasteiger partial charge is 0.226 e. The molecule has 1 atom stereocenters. The van der Waals surface area contributed by atoms with Gasteiger partial charge in [-0.15, -0.1) is 0 Å². The lowest BCUT2D eigenvalue weighted by atomic mass is 10.1. The fourth-order valence-electron chi connectivity index (χ4n) is 2.59. The van der Waals surface area contributed by atoms with Crippen molar-refractivity contribution in [2.75, 3.05) is 33.2 Å². The van der Waals surface area contributed by atoms with Crippen LogP contribution in [0.2, 0.25) is 0 Å². The third-order valence-electron chi connectivity index (χ3n) is 4.10. The number of rotatable bonds is 3. The highest BCUT2D eigenvalue weighted by molar-refractivity contribution is 5.82. The van der Waals surface area contributed by atoms with Crippen molar-refractivity contribution in [3.8, 4) is 0 Å². The van der Waals surface area contributed by atoms with Gasteiger partial charge in [-0.05, 0) is 18.8 Å². The van der Waals surface area contributed by atoms with Gasteiger partial charge in [0, 0.05) is 46.6 Å². The van der Waals surface area contributed by atoms with Crippen molar-refractivity contribution in [2.24, 2.45) is 11.8 Å². The minimum absolute atomic E-state index is 0.0459. The molecule has 0 aromatic rings. The standard InChI is InChI=1S/C14H23N3O3/c1-10(18)16-5-6-17(13(19)7-11-3-4-11)9-12(8-16)14(20)15-2/h11-12H,3-9H2,1-2H3,(H,15,20). The average Bonchev–Trinajstić information content (AvgIpc) is 3.22. The summed E-state index contributed by atoms with van der Waals surface area (Å²) in [6.45, 7) is 3.34. The number of amides is 3. The molecule has 3 amide bonds. The normalized spacial score (nSPS) is 23.2. The number of carbonyl (C=O) groups excluding carboxylic acids is 3. The predicted molar refractivity (Wildman–Crippen MR) is 73.7 cm³/mol. The Kier molecular flexibility index (Phi) is 4.62. The van der Waals surface area contributed by atoms with Gasteiger partial charge in [0.2, 0.25) is 17.7 Å². The lowest BCUT2D eigenvalue weighted by Gasteiger charge is -2.23. The fraction of sp³-hybridized carbons (Fsp3) is 0.786. The van der Waals surface area contributed by atoms with Crippen LogP contribution in [0.15, 0.2) is 0 Å². The van der Waals surface area contributed by atoms with Gasteiger partial charge in [-0.25, -0.2) is 0 Å². The van der Waals surface area contributed by atoms with Gasteiger partial charge in [-0.3, -0.25) is 14.4 Å². The number of carbonyl (C=O) groups is 3. The molecule has 1 heterocycles. The van der Waals surface area contributed by atoms with Crippen molar-refractivity contribution < 1.29 is 14.4 Å². The molecule has 2 rings (SSSR count). The van der Waals surface area contributed by atoms with E-state index in [1.807, 2.05) is 0 Å². The van der Waals surface area contributed by atoms with Crippen LogP contribution in [0, 0.1) is 11.8 Å². The molecule has 20 heavy (non-hydrogen) atoms. The van der Waals surface area contributed by atoms with Crippen molar-refractivity contribution >= 4 is 17.7 Å². The van der Waals surface area contributed by atoms with Crippen LogP contribution in [-0.4, -0.2) is 60.7 Å². The molecule has 0 aromatic heterocycles. The Morgan fingerprint density at radius 1 is 1.10 bits per heavy atom. The third kappa shape index (κ3) is 3.71. The van der Waals surface area contributed by atoms with Gasteiger partial charge in [-0.2, -0.15) is 0 Å². The number of nitrogens with zero attached hydrogens (tertiary/aromatic N) is 2. The first-order chi connectivity index (χ1) is 9.51. The zero-order chi connectivity index (χ0) is 14.7. The topological polar surface area (TPSA) is 69.7 Å². The van der Waals surface area contributed by atoms with Gasteiger partial charge in [0.15, 0.2) is 0 Å². The minimum atomic E-state index is -0.338. The Labute approximate surface area is 119 Å². The van der Waals surface area contributed by atoms with E-state index < -0.39 is 0 Å². The van der Waals surface area contributed by atoms with E-state index in [9.17, 15) is 14.4 Å². The highest BCUT2D eigenvalue weighted by Gasteiger charge is 2.32. The molecule has 1 aliphatic carbocycles. The van der Waals surface area contributed by atoms with Gasteiger partial charge < -0.3 is 15.1 Å². The van der Waals surface area contributed by atoms with E-state index in [1.165, 1.54) is 6.92 Å². The molecule has 1 saturated carbocycles. The molecular weight excluding hydrogens is 258 g/mol. The van der Waals surface area contributed by atoms with Crippen LogP contribution in [0.1, 0.15) is 26.2 Å². The summed E-state index contributed by atoms with van der Waals surface area (Å²) in [5.74, 6) is 0.159. The Bertz CT molecular complexity index is 406. The molecule has 1 aliphatic heterocycles. The van der Waals surface area contributed by atoms with Crippen molar-refractivity contribution in [3.05, 3.63) is 0 Å². The lowest BCUT2D eigenvalue weighted by molar-refractivity contribution is -0.133. The monoisotopic (exact) mass is 281 g/mol. The van der Waals surface area contributed by atoms with E-state index in [0.29, 0.717) is 38.5 Å². The van der Waals surface area contributed by atoms with Gasteiger partial charge in [0.05, 0.1) is 5.92 Å². The molecular formula is C14H23N3O3. The molecule has 0 bridgehead atoms. The van der Waals surface area contributed by atoms with Crippen molar-refractivity contribution in [3.63, 3.8) is 0 Å². The summed E-state index contributed by atoms with van der Waals surface area (Å²) in [5.41, 5.74) is 0. The predicted octanol–water partition coefficient (Wildman–Crippen LogP) is -0.161. The largest absolute Gasteiger partial charge is 0.359 e. The van der Waals surface area contributed by atoms with Gasteiger partial charge in [0.1, 0.15) is 0 Å². The van der Waals surface area contributed by atoms with Gasteiger partial charge in [-0.1, -0.05) is 0 Å². The lowest BCUT2D eigenvalue weighted by Crippen LogP contribution is -2.42. The molecule has 2 aliphatic rings. The number of hydrogen-bond donors (Lipinski definition) is 1. The highest BCUT2D eigenvalue weighted by atomic mass is 16.2. The van der Waals surface area contributed by atoms with E-state index in [0.717, 1.165) is 12.8 Å². The molecule has 0 aromatic carbocycles. The average molecular weight is 281 g/mol. The first-order valence-corrected chi connectivity index (χ1v) is 7.26. The van der Waals surface area contributed by atoms with Crippen molar-refractivity contribution in [2.45, 2.75) is 26.2 Å². The van der Waals surface area contributed by atoms with E-state index in [-0.39, 0.29) is 23.6 Å². The van der Waals surface area contributed by atoms with Crippen LogP contribution < -0.4 is 5.32 Å². The molecule has 1 saturated heterocycles. The van der Waals surface area contributed by atoms with Crippen LogP contribution >= 0.6 is 0 Å². The van der Waals surface area contributed by atoms with E-state index in [2.05, 4.69) is 5.32 Å². The fourth-order valence-corrected chi connectivity index (χ4v) is 2.59. The summed E-state index contributed by atoms with van der Waals surface area (Å²) in [7, 11) is 1.59. The Hall–Kier alpha value is -1.59. The molecule has 0 radical (unpaired) electrons. The first-order valence-electron chi connectivity index (χ1n) is 7.26. The van der Waals surface area contributed by atoms with Crippen molar-refractivity contribution in [1.82, 2.24) is 15.1 Å². The number of nitrogens with one attached hydrogen (secondary N) is 1. The van der Waals surface area contributed by atoms with Crippen LogP contribution in [0.5, 0.6) is 0 Å². The van der Waals surface area contributed by atoms with E-state index >= 15 is 0 Å². The second-order valence-corrected chi connectivity index (χ2v) is 5.76. The Morgan fingerprint density at radius 3 is 2.25 bits per heavy atom. The zero-order valence-corrected chi connectivity index (χ0v) is 12.2. The maximum atomic E-state index is 12.2. The maximum absolute atomic E-state index is 12.2. The summed E-state index contributed by atoms with van der Waals surface area (Å²) >= 11 is 0. The van der Waals surface area contributed by atoms with Crippen LogP contribution in [-0.2, 0) is 14.4 Å². The van der Waals surface area contributed by atoms with Crippen LogP contribution in [0.4, 0.5) is 0 Å². The van der Waals surface area contributed by atoms with E-state index in [4.69, 9.17) is 0 Å². The second kappa shape index (κ2) is 6.24. The number of hydrogen-bond acceptors (Lipinski definition) is 3. The summed E-state index contributed by atoms with van der Waals surface area (Å²) in [4.78, 5) is 39.1. The molecule has 6 nitrogen and oxygen atoms in total. The summed E-state index contributed by atoms with van der Waals surface area (Å²) < 4.78 is 0. The summed E-state index contributed by atoms with van der Waals surface area (Å²) in [5, 5.41) is 2.62. The molecule has 2 fully saturated rings. The minimum Gasteiger partial charge on any atom is -0.359 e. The SMILES string of the molecule is CNC(=O)C1CN(C(C)=O)CCN(C(=O)CC2CC2)C1. The van der Waals surface area contributed by atoms with Gasteiger partial charge >= 0.3 is 0 Å². The highest BCUT2D eigenvalue weighted by Crippen LogP contribution is 2.33. The third-order valence-corrected chi connectivity index (χ3v) is 4.10. The molecule has 1 N–H and O–H groups in total. The Balaban J connectivity index is 2.03. The Morgan fingerprint density at radius 2 is 1.70 bits per heavy atom. The second-order valence-electron chi connectivity index (χ2n) is 5.76. The molecule has 6 heteroatoms. The molecule has 1 unspecified atom stereocenters. The first kappa shape index (κ1) is 14.8. The molecule has 0 spiro atoms. The van der Waals surface area contributed by atoms with Crippen LogP contribution in [0.3, 0.4) is 0 Å². The summed E-state index contributed by atoms with van der Waals surface area (Å²) in [6.07, 6.45) is 2.86. The van der Waals surface area contributed by atoms with Crippen LogP contribution in [0.25, 0.3) is 0 Å². The maximum Gasteiger partial charge on any atom is 0.226 e. The summed E-state index contributed by atoms with van der Waals surface area (Å²) in [6, 6.07) is 0. The van der Waals surface area contributed by atoms with Gasteiger partial charge in [0.25, 0.3) is 0 Å². The van der Waals surface area contributed by atoms with Crippen molar-refractivity contribution in [1.29, 1.82) is 0 Å². The quantitative estimate of drug-likeness (QED) is 0.781. The zero-order valence-electron chi connectivity index (χ0n) is 12.2. The molecule has 112 valence electrons. The van der Waals surface area contributed by atoms with E-state index in [1.54, 1.807) is 16.8 Å².